The number of halogens is 3. The van der Waals surface area contributed by atoms with Crippen LogP contribution < -0.4 is 9.47 Å². The summed E-state index contributed by atoms with van der Waals surface area (Å²) >= 11 is 0. The third-order valence-electron chi connectivity index (χ3n) is 3.34. The molecule has 2 rings (SSSR count). The van der Waals surface area contributed by atoms with Gasteiger partial charge < -0.3 is 14.2 Å². The monoisotopic (exact) mass is 380 g/mol. The molecule has 0 fully saturated rings. The quantitative estimate of drug-likeness (QED) is 0.395. The van der Waals surface area contributed by atoms with Crippen molar-refractivity contribution in [3.8, 4) is 11.5 Å². The highest BCUT2D eigenvalue weighted by molar-refractivity contribution is 5.99. The van der Waals surface area contributed by atoms with Crippen LogP contribution in [0.1, 0.15) is 15.9 Å². The van der Waals surface area contributed by atoms with Gasteiger partial charge in [-0.2, -0.15) is 8.78 Å². The summed E-state index contributed by atoms with van der Waals surface area (Å²) in [4.78, 5) is 23.5. The van der Waals surface area contributed by atoms with Gasteiger partial charge >= 0.3 is 12.6 Å². The standard InChI is InChI=1S/C19H15F3O5/c1-25-17-10-12(6-8-16(17)27-19(21)22)7-9-18(24)26-11-15(23)13-4-2-3-5-14(13)20/h2-10,19H,11H2,1H3/b9-7+. The van der Waals surface area contributed by atoms with Crippen LogP contribution in [0.3, 0.4) is 0 Å². The zero-order valence-electron chi connectivity index (χ0n) is 14.2. The first-order valence-corrected chi connectivity index (χ1v) is 7.66. The van der Waals surface area contributed by atoms with Crippen molar-refractivity contribution in [1.29, 1.82) is 0 Å². The maximum absolute atomic E-state index is 13.5. The fourth-order valence-electron chi connectivity index (χ4n) is 2.10. The Morgan fingerprint density at radius 2 is 1.85 bits per heavy atom. The van der Waals surface area contributed by atoms with Gasteiger partial charge in [-0.05, 0) is 35.9 Å². The second-order valence-corrected chi connectivity index (χ2v) is 5.13. The fourth-order valence-corrected chi connectivity index (χ4v) is 2.10. The summed E-state index contributed by atoms with van der Waals surface area (Å²) < 4.78 is 52.0. The van der Waals surface area contributed by atoms with E-state index in [1.807, 2.05) is 0 Å². The molecular weight excluding hydrogens is 365 g/mol. The van der Waals surface area contributed by atoms with Crippen LogP contribution in [-0.4, -0.2) is 32.1 Å². The third-order valence-corrected chi connectivity index (χ3v) is 3.34. The van der Waals surface area contributed by atoms with Gasteiger partial charge in [0.2, 0.25) is 5.78 Å². The van der Waals surface area contributed by atoms with Gasteiger partial charge in [0.25, 0.3) is 0 Å². The Bertz CT molecular complexity index is 849. The molecule has 0 spiro atoms. The SMILES string of the molecule is COc1cc(/C=C/C(=O)OCC(=O)c2ccccc2F)ccc1OC(F)F. The molecule has 0 aliphatic heterocycles. The average Bonchev–Trinajstić information content (AvgIpc) is 2.65. The Hall–Kier alpha value is -3.29. The number of hydrogen-bond donors (Lipinski definition) is 0. The van der Waals surface area contributed by atoms with Gasteiger partial charge in [-0.15, -0.1) is 0 Å². The minimum atomic E-state index is -3.00. The van der Waals surface area contributed by atoms with Gasteiger partial charge in [0.15, 0.2) is 18.1 Å². The molecule has 0 atom stereocenters. The normalized spacial score (nSPS) is 10.9. The van der Waals surface area contributed by atoms with Crippen molar-refractivity contribution in [2.45, 2.75) is 6.61 Å². The second-order valence-electron chi connectivity index (χ2n) is 5.13. The molecule has 142 valence electrons. The number of alkyl halides is 2. The predicted octanol–water partition coefficient (Wildman–Crippen LogP) is 3.88. The maximum Gasteiger partial charge on any atom is 0.387 e. The van der Waals surface area contributed by atoms with Crippen LogP contribution in [0.2, 0.25) is 0 Å². The lowest BCUT2D eigenvalue weighted by Crippen LogP contribution is -2.13. The third kappa shape index (κ3) is 5.88. The van der Waals surface area contributed by atoms with E-state index in [1.165, 1.54) is 49.6 Å². The van der Waals surface area contributed by atoms with Gasteiger partial charge in [0.05, 0.1) is 12.7 Å². The number of methoxy groups -OCH3 is 1. The van der Waals surface area contributed by atoms with Gasteiger partial charge in [0, 0.05) is 6.08 Å². The van der Waals surface area contributed by atoms with Crippen LogP contribution in [0.4, 0.5) is 13.2 Å². The number of benzene rings is 2. The fraction of sp³-hybridized carbons (Fsp3) is 0.158. The number of carbonyl (C=O) groups is 2. The van der Waals surface area contributed by atoms with Gasteiger partial charge in [-0.1, -0.05) is 18.2 Å². The second kappa shape index (κ2) is 9.42. The van der Waals surface area contributed by atoms with Crippen molar-refractivity contribution in [2.24, 2.45) is 0 Å². The largest absolute Gasteiger partial charge is 0.493 e. The molecule has 27 heavy (non-hydrogen) atoms. The smallest absolute Gasteiger partial charge is 0.387 e. The molecule has 0 unspecified atom stereocenters. The molecular formula is C19H15F3O5. The van der Waals surface area contributed by atoms with E-state index in [0.717, 1.165) is 12.1 Å². The molecule has 0 heterocycles. The van der Waals surface area contributed by atoms with Crippen molar-refractivity contribution in [3.63, 3.8) is 0 Å². The van der Waals surface area contributed by atoms with Crippen molar-refractivity contribution in [2.75, 3.05) is 13.7 Å². The molecule has 0 N–H and O–H groups in total. The van der Waals surface area contributed by atoms with E-state index in [-0.39, 0.29) is 17.1 Å². The number of esters is 1. The van der Waals surface area contributed by atoms with E-state index in [4.69, 9.17) is 9.47 Å². The number of ether oxygens (including phenoxy) is 3. The van der Waals surface area contributed by atoms with Gasteiger partial charge in [0.1, 0.15) is 5.82 Å². The molecule has 0 aliphatic carbocycles. The molecule has 0 bridgehead atoms. The Morgan fingerprint density at radius 1 is 1.11 bits per heavy atom. The molecule has 5 nitrogen and oxygen atoms in total. The van der Waals surface area contributed by atoms with E-state index in [1.54, 1.807) is 0 Å². The first-order valence-electron chi connectivity index (χ1n) is 7.66. The van der Waals surface area contributed by atoms with Gasteiger partial charge in [-0.25, -0.2) is 9.18 Å². The van der Waals surface area contributed by atoms with Crippen molar-refractivity contribution >= 4 is 17.8 Å². The zero-order valence-corrected chi connectivity index (χ0v) is 14.2. The summed E-state index contributed by atoms with van der Waals surface area (Å²) in [6.45, 7) is -3.61. The molecule has 0 aromatic heterocycles. The van der Waals surface area contributed by atoms with Crippen LogP contribution in [-0.2, 0) is 9.53 Å². The number of carbonyl (C=O) groups excluding carboxylic acids is 2. The van der Waals surface area contributed by atoms with Crippen molar-refractivity contribution in [1.82, 2.24) is 0 Å². The Balaban J connectivity index is 1.96. The molecule has 0 saturated heterocycles. The number of Topliss-reactive ketones (excluding diaryl/α,β-unsaturated/α-hetero) is 1. The molecule has 0 saturated carbocycles. The lowest BCUT2D eigenvalue weighted by Gasteiger charge is -2.10. The Kier molecular flexibility index (Phi) is 6.99. The molecule has 8 heteroatoms. The van der Waals surface area contributed by atoms with E-state index in [9.17, 15) is 22.8 Å². The van der Waals surface area contributed by atoms with Crippen LogP contribution in [0, 0.1) is 5.82 Å². The van der Waals surface area contributed by atoms with Crippen LogP contribution in [0.5, 0.6) is 11.5 Å². The summed E-state index contributed by atoms with van der Waals surface area (Å²) in [6, 6.07) is 9.41. The van der Waals surface area contributed by atoms with Crippen LogP contribution in [0.25, 0.3) is 6.08 Å². The van der Waals surface area contributed by atoms with E-state index in [2.05, 4.69) is 4.74 Å². The molecule has 0 aliphatic rings. The predicted molar refractivity (Wildman–Crippen MR) is 90.3 cm³/mol. The highest BCUT2D eigenvalue weighted by Gasteiger charge is 2.13. The maximum atomic E-state index is 13.5. The lowest BCUT2D eigenvalue weighted by molar-refractivity contribution is -0.136. The molecule has 2 aromatic carbocycles. The first kappa shape index (κ1) is 20.0. The van der Waals surface area contributed by atoms with E-state index < -0.39 is 30.8 Å². The number of hydrogen-bond acceptors (Lipinski definition) is 5. The topological polar surface area (TPSA) is 61.8 Å². The Labute approximate surface area is 153 Å². The minimum Gasteiger partial charge on any atom is -0.493 e. The van der Waals surface area contributed by atoms with Crippen LogP contribution in [0.15, 0.2) is 48.5 Å². The highest BCUT2D eigenvalue weighted by atomic mass is 19.3. The lowest BCUT2D eigenvalue weighted by atomic mass is 10.1. The van der Waals surface area contributed by atoms with E-state index in [0.29, 0.717) is 5.56 Å². The molecule has 0 amide bonds. The first-order chi connectivity index (χ1) is 12.9. The number of ketones is 1. The Morgan fingerprint density at radius 3 is 2.52 bits per heavy atom. The van der Waals surface area contributed by atoms with Gasteiger partial charge in [-0.3, -0.25) is 4.79 Å². The minimum absolute atomic E-state index is 0.0561. The summed E-state index contributed by atoms with van der Waals surface area (Å²) in [5.41, 5.74) is 0.277. The highest BCUT2D eigenvalue weighted by Crippen LogP contribution is 2.29. The summed E-state index contributed by atoms with van der Waals surface area (Å²) in [6.07, 6.45) is 2.38. The van der Waals surface area contributed by atoms with E-state index >= 15 is 0 Å². The molecule has 0 radical (unpaired) electrons. The van der Waals surface area contributed by atoms with Crippen LogP contribution >= 0.6 is 0 Å². The average molecular weight is 380 g/mol. The zero-order chi connectivity index (χ0) is 19.8. The van der Waals surface area contributed by atoms with Crippen molar-refractivity contribution in [3.05, 3.63) is 65.5 Å². The molecule has 2 aromatic rings. The summed E-state index contributed by atoms with van der Waals surface area (Å²) in [7, 11) is 1.28. The summed E-state index contributed by atoms with van der Waals surface area (Å²) in [5, 5.41) is 0. The van der Waals surface area contributed by atoms with Crippen molar-refractivity contribution < 1.29 is 37.0 Å². The summed E-state index contributed by atoms with van der Waals surface area (Å²) in [5.74, 6) is -2.30. The number of rotatable bonds is 8.